The molecule has 0 spiro atoms. The lowest BCUT2D eigenvalue weighted by atomic mass is 10.1. The summed E-state index contributed by atoms with van der Waals surface area (Å²) in [6, 6.07) is 9.37. The van der Waals surface area contributed by atoms with E-state index in [2.05, 4.69) is 0 Å². The molecule has 0 N–H and O–H groups in total. The average Bonchev–Trinajstić information content (AvgIpc) is 3.06. The second kappa shape index (κ2) is 4.73. The molecule has 0 radical (unpaired) electrons. The number of nitro groups is 1. The first-order valence-corrected chi connectivity index (χ1v) is 6.13. The molecule has 2 aromatic rings. The Morgan fingerprint density at radius 3 is 2.50 bits per heavy atom. The molecule has 6 nitrogen and oxygen atoms in total. The molecule has 0 amide bonds. The second-order valence-electron chi connectivity index (χ2n) is 4.29. The molecule has 2 atom stereocenters. The van der Waals surface area contributed by atoms with Gasteiger partial charge < -0.3 is 9.15 Å². The molecule has 102 valence electrons. The maximum absolute atomic E-state index is 12.0. The predicted octanol–water partition coefficient (Wildman–Crippen LogP) is 3.16. The lowest BCUT2D eigenvalue weighted by molar-refractivity contribution is -0.402. The number of epoxide rings is 1. The van der Waals surface area contributed by atoms with Crippen LogP contribution in [0.3, 0.4) is 0 Å². The topological polar surface area (TPSA) is 85.9 Å². The number of carbonyl (C=O) groups is 1. The minimum Gasteiger partial charge on any atom is -0.397 e. The van der Waals surface area contributed by atoms with Crippen LogP contribution in [-0.4, -0.2) is 16.8 Å². The molecule has 1 aliphatic rings. The first-order chi connectivity index (χ1) is 9.56. The highest BCUT2D eigenvalue weighted by atomic mass is 35.5. The van der Waals surface area contributed by atoms with E-state index in [-0.39, 0.29) is 11.9 Å². The number of benzene rings is 1. The number of Topliss-reactive ketones (excluding diaryl/α,β-unsaturated/α-hetero) is 1. The van der Waals surface area contributed by atoms with Crippen LogP contribution in [0.2, 0.25) is 5.02 Å². The third kappa shape index (κ3) is 2.31. The molecule has 0 bridgehead atoms. The van der Waals surface area contributed by atoms with E-state index in [4.69, 9.17) is 20.8 Å². The first-order valence-electron chi connectivity index (χ1n) is 5.75. The Kier molecular flexibility index (Phi) is 3.04. The predicted molar refractivity (Wildman–Crippen MR) is 68.8 cm³/mol. The fourth-order valence-electron chi connectivity index (χ4n) is 1.92. The molecule has 2 heterocycles. The fourth-order valence-corrected chi connectivity index (χ4v) is 2.04. The van der Waals surface area contributed by atoms with Crippen LogP contribution >= 0.6 is 11.6 Å². The highest BCUT2D eigenvalue weighted by molar-refractivity contribution is 6.30. The van der Waals surface area contributed by atoms with Gasteiger partial charge in [0, 0.05) is 5.02 Å². The van der Waals surface area contributed by atoms with Gasteiger partial charge in [0.15, 0.2) is 11.9 Å². The highest BCUT2D eigenvalue weighted by Crippen LogP contribution is 2.41. The molecular formula is C13H8ClNO5. The molecule has 1 fully saturated rings. The molecule has 1 aliphatic heterocycles. The second-order valence-corrected chi connectivity index (χ2v) is 4.72. The Balaban J connectivity index is 1.73. The molecule has 1 aromatic heterocycles. The van der Waals surface area contributed by atoms with Gasteiger partial charge in [0.1, 0.15) is 11.0 Å². The van der Waals surface area contributed by atoms with Crippen molar-refractivity contribution in [2.75, 3.05) is 0 Å². The minimum absolute atomic E-state index is 0.0711. The largest absolute Gasteiger partial charge is 0.433 e. The van der Waals surface area contributed by atoms with Crippen LogP contribution in [0.5, 0.6) is 0 Å². The van der Waals surface area contributed by atoms with Crippen LogP contribution < -0.4 is 0 Å². The van der Waals surface area contributed by atoms with Gasteiger partial charge in [0.05, 0.1) is 6.07 Å². The van der Waals surface area contributed by atoms with Crippen molar-refractivity contribution in [2.45, 2.75) is 12.2 Å². The fraction of sp³-hybridized carbons (Fsp3) is 0.154. The maximum Gasteiger partial charge on any atom is 0.433 e. The van der Waals surface area contributed by atoms with Crippen molar-refractivity contribution in [1.29, 1.82) is 0 Å². The van der Waals surface area contributed by atoms with E-state index in [9.17, 15) is 14.9 Å². The molecule has 2 unspecified atom stereocenters. The van der Waals surface area contributed by atoms with E-state index in [0.717, 1.165) is 11.6 Å². The Morgan fingerprint density at radius 2 is 1.90 bits per heavy atom. The van der Waals surface area contributed by atoms with Crippen LogP contribution in [0.15, 0.2) is 40.8 Å². The summed E-state index contributed by atoms with van der Waals surface area (Å²) in [6.07, 6.45) is -1.02. The quantitative estimate of drug-likeness (QED) is 0.374. The zero-order valence-electron chi connectivity index (χ0n) is 9.99. The van der Waals surface area contributed by atoms with Crippen molar-refractivity contribution in [3.8, 4) is 0 Å². The monoisotopic (exact) mass is 293 g/mol. The van der Waals surface area contributed by atoms with Gasteiger partial charge in [0.2, 0.25) is 5.78 Å². The van der Waals surface area contributed by atoms with Crippen molar-refractivity contribution >= 4 is 23.3 Å². The number of hydrogen-bond acceptors (Lipinski definition) is 5. The van der Waals surface area contributed by atoms with Crippen molar-refractivity contribution in [3.63, 3.8) is 0 Å². The van der Waals surface area contributed by atoms with E-state index in [1.165, 1.54) is 6.07 Å². The Bertz CT molecular complexity index is 678. The zero-order valence-corrected chi connectivity index (χ0v) is 10.7. The summed E-state index contributed by atoms with van der Waals surface area (Å²) in [5.41, 5.74) is 0.828. The van der Waals surface area contributed by atoms with E-state index < -0.39 is 22.7 Å². The summed E-state index contributed by atoms with van der Waals surface area (Å²) < 4.78 is 10.2. The molecule has 1 saturated heterocycles. The van der Waals surface area contributed by atoms with Gasteiger partial charge in [-0.3, -0.25) is 14.9 Å². The lowest BCUT2D eigenvalue weighted by Gasteiger charge is -1.95. The minimum atomic E-state index is -0.693. The number of halogens is 1. The van der Waals surface area contributed by atoms with E-state index in [1.54, 1.807) is 24.3 Å². The van der Waals surface area contributed by atoms with Crippen molar-refractivity contribution in [2.24, 2.45) is 0 Å². The molecule has 7 heteroatoms. The maximum atomic E-state index is 12.0. The van der Waals surface area contributed by atoms with Crippen LogP contribution in [-0.2, 0) is 4.74 Å². The van der Waals surface area contributed by atoms with E-state index in [1.807, 2.05) is 0 Å². The highest BCUT2D eigenvalue weighted by Gasteiger charge is 2.47. The van der Waals surface area contributed by atoms with Crippen LogP contribution in [0.1, 0.15) is 22.2 Å². The van der Waals surface area contributed by atoms with Crippen molar-refractivity contribution in [1.82, 2.24) is 0 Å². The Hall–Kier alpha value is -2.18. The van der Waals surface area contributed by atoms with Gasteiger partial charge in [-0.15, -0.1) is 0 Å². The number of rotatable bonds is 4. The van der Waals surface area contributed by atoms with Gasteiger partial charge in [-0.25, -0.2) is 0 Å². The molecule has 0 saturated carbocycles. The van der Waals surface area contributed by atoms with Gasteiger partial charge in [0.25, 0.3) is 0 Å². The average molecular weight is 294 g/mol. The smallest absolute Gasteiger partial charge is 0.397 e. The van der Waals surface area contributed by atoms with E-state index in [0.29, 0.717) is 5.02 Å². The van der Waals surface area contributed by atoms with E-state index >= 15 is 0 Å². The third-order valence-electron chi connectivity index (χ3n) is 2.96. The van der Waals surface area contributed by atoms with Gasteiger partial charge in [-0.05, 0) is 23.8 Å². The first kappa shape index (κ1) is 12.8. The Morgan fingerprint density at radius 1 is 1.20 bits per heavy atom. The van der Waals surface area contributed by atoms with Crippen molar-refractivity contribution in [3.05, 3.63) is 62.9 Å². The molecule has 3 rings (SSSR count). The summed E-state index contributed by atoms with van der Waals surface area (Å²) in [5.74, 6) is -0.937. The standard InChI is InChI=1S/C13H8ClNO5/c14-8-3-1-7(2-4-8)12-13(20-12)11(16)9-5-6-10(19-9)15(17)18/h1-6,12-13H. The third-order valence-corrected chi connectivity index (χ3v) is 3.22. The van der Waals surface area contributed by atoms with Crippen LogP contribution in [0.4, 0.5) is 5.88 Å². The lowest BCUT2D eigenvalue weighted by Crippen LogP contribution is -2.06. The number of ketones is 1. The summed E-state index contributed by atoms with van der Waals surface area (Å²) in [6.45, 7) is 0. The summed E-state index contributed by atoms with van der Waals surface area (Å²) in [7, 11) is 0. The molecule has 0 aliphatic carbocycles. The molecule has 1 aromatic carbocycles. The Labute approximate surface area is 118 Å². The number of carbonyl (C=O) groups excluding carboxylic acids is 1. The number of nitrogens with zero attached hydrogens (tertiary/aromatic N) is 1. The molecule has 20 heavy (non-hydrogen) atoms. The van der Waals surface area contributed by atoms with Gasteiger partial charge in [-0.2, -0.15) is 0 Å². The van der Waals surface area contributed by atoms with Crippen LogP contribution in [0.25, 0.3) is 0 Å². The number of ether oxygens (including phenoxy) is 1. The molecular weight excluding hydrogens is 286 g/mol. The number of hydrogen-bond donors (Lipinski definition) is 0. The normalized spacial score (nSPS) is 20.6. The zero-order chi connectivity index (χ0) is 14.3. The van der Waals surface area contributed by atoms with Gasteiger partial charge in [-0.1, -0.05) is 23.7 Å². The summed E-state index contributed by atoms with van der Waals surface area (Å²) in [4.78, 5) is 21.8. The number of furan rings is 1. The van der Waals surface area contributed by atoms with Crippen molar-refractivity contribution < 1.29 is 18.9 Å². The van der Waals surface area contributed by atoms with Crippen LogP contribution in [0, 0.1) is 10.1 Å². The summed E-state index contributed by atoms with van der Waals surface area (Å²) >= 11 is 5.78. The van der Waals surface area contributed by atoms with Gasteiger partial charge >= 0.3 is 5.88 Å². The summed E-state index contributed by atoms with van der Waals surface area (Å²) in [5, 5.41) is 11.1. The SMILES string of the molecule is O=C(c1ccc([N+](=O)[O-])o1)C1OC1c1ccc(Cl)cc1.